The molecule has 7 nitrogen and oxygen atoms in total. The molecule has 0 amide bonds. The summed E-state index contributed by atoms with van der Waals surface area (Å²) < 4.78 is 36.4. The van der Waals surface area contributed by atoms with E-state index >= 15 is 0 Å². The maximum absolute atomic E-state index is 11.7. The van der Waals surface area contributed by atoms with Gasteiger partial charge in [-0.05, 0) is 31.7 Å². The highest BCUT2D eigenvalue weighted by Gasteiger charge is 2.29. The molecule has 2 aromatic rings. The van der Waals surface area contributed by atoms with Crippen molar-refractivity contribution in [3.05, 3.63) is 23.6 Å². The third kappa shape index (κ3) is 4.02. The van der Waals surface area contributed by atoms with Gasteiger partial charge in [0, 0.05) is 24.5 Å². The Bertz CT molecular complexity index is 898. The van der Waals surface area contributed by atoms with Crippen LogP contribution in [0.25, 0.3) is 10.9 Å². The van der Waals surface area contributed by atoms with Gasteiger partial charge in [0.2, 0.25) is 10.0 Å². The Morgan fingerprint density at radius 3 is 2.46 bits per heavy atom. The molecule has 0 radical (unpaired) electrons. The number of ether oxygens (including phenoxy) is 2. The van der Waals surface area contributed by atoms with Crippen LogP contribution in [0.3, 0.4) is 0 Å². The molecule has 1 aromatic heterocycles. The maximum Gasteiger partial charge on any atom is 0.211 e. The number of rotatable bonds is 5. The average molecular weight is 400 g/mol. The van der Waals surface area contributed by atoms with E-state index in [0.29, 0.717) is 27.6 Å². The van der Waals surface area contributed by atoms with Gasteiger partial charge in [-0.25, -0.2) is 22.7 Å². The number of hydrogen-bond donors (Lipinski definition) is 0. The largest absolute Gasteiger partial charge is 0.493 e. The van der Waals surface area contributed by atoms with Crippen LogP contribution < -0.4 is 9.47 Å². The maximum atomic E-state index is 11.7. The Morgan fingerprint density at radius 1 is 1.15 bits per heavy atom. The van der Waals surface area contributed by atoms with Crippen LogP contribution in [-0.4, -0.2) is 55.3 Å². The normalized spacial score (nSPS) is 21.1. The summed E-state index contributed by atoms with van der Waals surface area (Å²) >= 11 is 6.15. The fourth-order valence-electron chi connectivity index (χ4n) is 3.26. The Morgan fingerprint density at radius 2 is 1.85 bits per heavy atom. The third-order valence-corrected chi connectivity index (χ3v) is 6.49. The SMILES string of the molecule is COc1cc2ncnc(Cl)c2cc1O[C@H]1CC[C@@H](N(C)S(C)(=O)=O)CC1. The molecule has 0 atom stereocenters. The van der Waals surface area contributed by atoms with Gasteiger partial charge >= 0.3 is 0 Å². The van der Waals surface area contributed by atoms with Crippen molar-refractivity contribution in [2.45, 2.75) is 37.8 Å². The Hall–Kier alpha value is -1.64. The van der Waals surface area contributed by atoms with E-state index in [-0.39, 0.29) is 12.1 Å². The molecule has 3 rings (SSSR count). The standard InChI is InChI=1S/C17H22ClN3O4S/c1-21(26(3,22)23)11-4-6-12(7-5-11)25-16-8-13-14(9-15(16)24-2)19-10-20-17(13)18/h8-12H,4-7H2,1-3H3/t11-,12+. The minimum Gasteiger partial charge on any atom is -0.493 e. The van der Waals surface area contributed by atoms with Gasteiger partial charge in [0.1, 0.15) is 11.5 Å². The lowest BCUT2D eigenvalue weighted by atomic mass is 9.93. The summed E-state index contributed by atoms with van der Waals surface area (Å²) in [5.41, 5.74) is 0.688. The summed E-state index contributed by atoms with van der Waals surface area (Å²) in [5.74, 6) is 1.18. The van der Waals surface area contributed by atoms with E-state index in [2.05, 4.69) is 9.97 Å². The molecule has 0 unspecified atom stereocenters. The third-order valence-electron chi connectivity index (χ3n) is 4.85. The first-order chi connectivity index (χ1) is 12.3. The van der Waals surface area contributed by atoms with Crippen LogP contribution in [0.4, 0.5) is 0 Å². The van der Waals surface area contributed by atoms with Gasteiger partial charge in [0.05, 0.1) is 25.0 Å². The number of hydrogen-bond acceptors (Lipinski definition) is 6. The Kier molecular flexibility index (Phi) is 5.55. The van der Waals surface area contributed by atoms with Gasteiger partial charge in [-0.3, -0.25) is 0 Å². The van der Waals surface area contributed by atoms with E-state index in [1.807, 2.05) is 0 Å². The highest BCUT2D eigenvalue weighted by atomic mass is 35.5. The number of sulfonamides is 1. The molecular formula is C17H22ClN3O4S. The molecule has 0 spiro atoms. The van der Waals surface area contributed by atoms with E-state index in [1.54, 1.807) is 26.3 Å². The number of fused-ring (bicyclic) bond motifs is 1. The van der Waals surface area contributed by atoms with E-state index < -0.39 is 10.0 Å². The predicted molar refractivity (Wildman–Crippen MR) is 100 cm³/mol. The lowest BCUT2D eigenvalue weighted by Crippen LogP contribution is -2.40. The molecule has 1 aliphatic carbocycles. The molecule has 26 heavy (non-hydrogen) atoms. The summed E-state index contributed by atoms with van der Waals surface area (Å²) in [6.07, 6.45) is 5.69. The molecule has 9 heteroatoms. The minimum absolute atomic E-state index is 0.00559. The van der Waals surface area contributed by atoms with Crippen molar-refractivity contribution in [2.24, 2.45) is 0 Å². The van der Waals surface area contributed by atoms with Crippen LogP contribution >= 0.6 is 11.6 Å². The fourth-order valence-corrected chi connectivity index (χ4v) is 4.21. The van der Waals surface area contributed by atoms with Gasteiger partial charge < -0.3 is 9.47 Å². The summed E-state index contributed by atoms with van der Waals surface area (Å²) in [6, 6.07) is 3.60. The van der Waals surface area contributed by atoms with Crippen LogP contribution in [0.2, 0.25) is 5.15 Å². The highest BCUT2D eigenvalue weighted by molar-refractivity contribution is 7.88. The first kappa shape index (κ1) is 19.1. The highest BCUT2D eigenvalue weighted by Crippen LogP contribution is 2.36. The second-order valence-corrected chi connectivity index (χ2v) is 8.91. The fraction of sp³-hybridized carbons (Fsp3) is 0.529. The first-order valence-electron chi connectivity index (χ1n) is 8.37. The van der Waals surface area contributed by atoms with E-state index in [0.717, 1.165) is 25.7 Å². The zero-order valence-electron chi connectivity index (χ0n) is 15.0. The van der Waals surface area contributed by atoms with E-state index in [4.69, 9.17) is 21.1 Å². The molecular weight excluding hydrogens is 378 g/mol. The van der Waals surface area contributed by atoms with Crippen LogP contribution in [0, 0.1) is 0 Å². The van der Waals surface area contributed by atoms with Crippen molar-refractivity contribution in [2.75, 3.05) is 20.4 Å². The molecule has 1 saturated carbocycles. The van der Waals surface area contributed by atoms with Crippen molar-refractivity contribution in [3.63, 3.8) is 0 Å². The lowest BCUT2D eigenvalue weighted by Gasteiger charge is -2.33. The molecule has 1 aliphatic rings. The van der Waals surface area contributed by atoms with Gasteiger partial charge in [-0.2, -0.15) is 0 Å². The van der Waals surface area contributed by atoms with Crippen LogP contribution in [0.5, 0.6) is 11.5 Å². The molecule has 1 heterocycles. The van der Waals surface area contributed by atoms with E-state index in [1.165, 1.54) is 16.9 Å². The second kappa shape index (κ2) is 7.54. The van der Waals surface area contributed by atoms with Crippen molar-refractivity contribution >= 4 is 32.5 Å². The first-order valence-corrected chi connectivity index (χ1v) is 10.6. The van der Waals surface area contributed by atoms with Crippen molar-refractivity contribution in [1.29, 1.82) is 0 Å². The Labute approximate surface area is 158 Å². The molecule has 1 fully saturated rings. The van der Waals surface area contributed by atoms with Crippen LogP contribution in [0.1, 0.15) is 25.7 Å². The zero-order chi connectivity index (χ0) is 18.9. The number of aromatic nitrogens is 2. The van der Waals surface area contributed by atoms with E-state index in [9.17, 15) is 8.42 Å². The number of methoxy groups -OCH3 is 1. The van der Waals surface area contributed by atoms with Crippen molar-refractivity contribution in [1.82, 2.24) is 14.3 Å². The number of benzene rings is 1. The van der Waals surface area contributed by atoms with Gasteiger partial charge in [0.25, 0.3) is 0 Å². The summed E-state index contributed by atoms with van der Waals surface area (Å²) in [7, 11) is 0.0380. The summed E-state index contributed by atoms with van der Waals surface area (Å²) in [4.78, 5) is 8.20. The topological polar surface area (TPSA) is 81.6 Å². The second-order valence-electron chi connectivity index (χ2n) is 6.51. The summed E-state index contributed by atoms with van der Waals surface area (Å²) in [6.45, 7) is 0. The molecule has 1 aromatic carbocycles. The minimum atomic E-state index is -3.17. The predicted octanol–water partition coefficient (Wildman–Crippen LogP) is 2.87. The number of halogens is 1. The van der Waals surface area contributed by atoms with Gasteiger partial charge in [-0.1, -0.05) is 11.6 Å². The average Bonchev–Trinajstić information content (AvgIpc) is 2.61. The van der Waals surface area contributed by atoms with Gasteiger partial charge in [0.15, 0.2) is 11.5 Å². The van der Waals surface area contributed by atoms with Gasteiger partial charge in [-0.15, -0.1) is 0 Å². The quantitative estimate of drug-likeness (QED) is 0.719. The van der Waals surface area contributed by atoms with Crippen LogP contribution in [-0.2, 0) is 10.0 Å². The molecule has 142 valence electrons. The smallest absolute Gasteiger partial charge is 0.211 e. The lowest BCUT2D eigenvalue weighted by molar-refractivity contribution is 0.122. The summed E-state index contributed by atoms with van der Waals surface area (Å²) in [5, 5.41) is 1.07. The Balaban J connectivity index is 1.75. The van der Waals surface area contributed by atoms with Crippen LogP contribution in [0.15, 0.2) is 18.5 Å². The molecule has 0 saturated heterocycles. The van der Waals surface area contributed by atoms with Crippen molar-refractivity contribution < 1.29 is 17.9 Å². The molecule has 0 N–H and O–H groups in total. The monoisotopic (exact) mass is 399 g/mol. The number of nitrogens with zero attached hydrogens (tertiary/aromatic N) is 3. The van der Waals surface area contributed by atoms with Crippen molar-refractivity contribution in [3.8, 4) is 11.5 Å². The molecule has 0 aliphatic heterocycles. The molecule has 0 bridgehead atoms. The zero-order valence-corrected chi connectivity index (χ0v) is 16.5.